The standard InChI is InChI=1S/C15H18N2O2/c1-10-4-7-14(15(8-10)18-3)19-12-5-6-13(11(2)16)17-9-12/h4-9,11H,16H2,1-3H3/t11-/m0/s1. The molecule has 2 N–H and O–H groups in total. The van der Waals surface area contributed by atoms with E-state index < -0.39 is 0 Å². The summed E-state index contributed by atoms with van der Waals surface area (Å²) in [6.45, 7) is 3.90. The van der Waals surface area contributed by atoms with Gasteiger partial charge in [0.15, 0.2) is 11.5 Å². The van der Waals surface area contributed by atoms with E-state index in [2.05, 4.69) is 4.98 Å². The predicted molar refractivity (Wildman–Crippen MR) is 74.6 cm³/mol. The van der Waals surface area contributed by atoms with Crippen molar-refractivity contribution >= 4 is 0 Å². The van der Waals surface area contributed by atoms with E-state index in [0.717, 1.165) is 11.3 Å². The van der Waals surface area contributed by atoms with Crippen molar-refractivity contribution in [1.29, 1.82) is 0 Å². The van der Waals surface area contributed by atoms with Crippen LogP contribution in [0.2, 0.25) is 0 Å². The largest absolute Gasteiger partial charge is 0.493 e. The van der Waals surface area contributed by atoms with Gasteiger partial charge in [0, 0.05) is 6.04 Å². The van der Waals surface area contributed by atoms with Crippen LogP contribution in [0.4, 0.5) is 0 Å². The van der Waals surface area contributed by atoms with E-state index in [9.17, 15) is 0 Å². The highest BCUT2D eigenvalue weighted by molar-refractivity contribution is 5.44. The summed E-state index contributed by atoms with van der Waals surface area (Å²) in [6.07, 6.45) is 1.66. The number of aryl methyl sites for hydroxylation is 1. The Kier molecular flexibility index (Phi) is 4.02. The van der Waals surface area contributed by atoms with E-state index in [0.29, 0.717) is 17.2 Å². The lowest BCUT2D eigenvalue weighted by atomic mass is 10.2. The van der Waals surface area contributed by atoms with Crippen molar-refractivity contribution in [3.63, 3.8) is 0 Å². The van der Waals surface area contributed by atoms with Crippen molar-refractivity contribution < 1.29 is 9.47 Å². The second-order valence-corrected chi connectivity index (χ2v) is 4.46. The molecule has 0 amide bonds. The van der Waals surface area contributed by atoms with Crippen LogP contribution in [0.15, 0.2) is 36.5 Å². The van der Waals surface area contributed by atoms with Crippen LogP contribution in [-0.4, -0.2) is 12.1 Å². The molecule has 4 nitrogen and oxygen atoms in total. The van der Waals surface area contributed by atoms with Gasteiger partial charge in [0.05, 0.1) is 19.0 Å². The highest BCUT2D eigenvalue weighted by Crippen LogP contribution is 2.31. The number of hydrogen-bond donors (Lipinski definition) is 1. The predicted octanol–water partition coefficient (Wildman–Crippen LogP) is 3.21. The zero-order chi connectivity index (χ0) is 13.8. The molecule has 0 bridgehead atoms. The highest BCUT2D eigenvalue weighted by atomic mass is 16.5. The van der Waals surface area contributed by atoms with E-state index in [1.807, 2.05) is 44.2 Å². The Morgan fingerprint density at radius 3 is 2.53 bits per heavy atom. The highest BCUT2D eigenvalue weighted by Gasteiger charge is 2.07. The first kappa shape index (κ1) is 13.4. The molecule has 1 atom stereocenters. The van der Waals surface area contributed by atoms with Crippen molar-refractivity contribution in [2.45, 2.75) is 19.9 Å². The van der Waals surface area contributed by atoms with Gasteiger partial charge < -0.3 is 15.2 Å². The minimum absolute atomic E-state index is 0.0806. The van der Waals surface area contributed by atoms with Gasteiger partial charge in [-0.2, -0.15) is 0 Å². The molecule has 4 heteroatoms. The summed E-state index contributed by atoms with van der Waals surface area (Å²) in [7, 11) is 1.62. The van der Waals surface area contributed by atoms with E-state index in [-0.39, 0.29) is 6.04 Å². The van der Waals surface area contributed by atoms with Gasteiger partial charge in [0.25, 0.3) is 0 Å². The van der Waals surface area contributed by atoms with Crippen molar-refractivity contribution in [3.8, 4) is 17.2 Å². The number of methoxy groups -OCH3 is 1. The molecule has 0 spiro atoms. The van der Waals surface area contributed by atoms with Crippen molar-refractivity contribution in [2.24, 2.45) is 5.73 Å². The molecule has 1 heterocycles. The first-order chi connectivity index (χ1) is 9.10. The number of rotatable bonds is 4. The number of hydrogen-bond acceptors (Lipinski definition) is 4. The maximum atomic E-state index is 5.76. The van der Waals surface area contributed by atoms with Crippen LogP contribution < -0.4 is 15.2 Å². The first-order valence-corrected chi connectivity index (χ1v) is 6.14. The normalized spacial score (nSPS) is 12.0. The average molecular weight is 258 g/mol. The molecule has 1 aromatic carbocycles. The molecule has 2 rings (SSSR count). The zero-order valence-electron chi connectivity index (χ0n) is 11.4. The Morgan fingerprint density at radius 2 is 1.95 bits per heavy atom. The Hall–Kier alpha value is -2.07. The van der Waals surface area contributed by atoms with Crippen LogP contribution in [0, 0.1) is 6.92 Å². The lowest BCUT2D eigenvalue weighted by Gasteiger charge is -2.11. The number of ether oxygens (including phenoxy) is 2. The lowest BCUT2D eigenvalue weighted by Crippen LogP contribution is -2.06. The van der Waals surface area contributed by atoms with Crippen molar-refractivity contribution in [3.05, 3.63) is 47.8 Å². The molecule has 0 aliphatic rings. The summed E-state index contributed by atoms with van der Waals surface area (Å²) in [4.78, 5) is 4.26. The third kappa shape index (κ3) is 3.23. The molecule has 0 aliphatic heterocycles. The summed E-state index contributed by atoms with van der Waals surface area (Å²) in [5.74, 6) is 2.03. The van der Waals surface area contributed by atoms with Gasteiger partial charge in [-0.05, 0) is 43.7 Å². The van der Waals surface area contributed by atoms with Crippen molar-refractivity contribution in [1.82, 2.24) is 4.98 Å². The summed E-state index contributed by atoms with van der Waals surface area (Å²) < 4.78 is 11.1. The van der Waals surface area contributed by atoms with E-state index in [4.69, 9.17) is 15.2 Å². The van der Waals surface area contributed by atoms with Crippen molar-refractivity contribution in [2.75, 3.05) is 7.11 Å². The molecule has 0 fully saturated rings. The van der Waals surface area contributed by atoms with E-state index in [1.54, 1.807) is 13.3 Å². The van der Waals surface area contributed by atoms with Crippen LogP contribution in [0.5, 0.6) is 17.2 Å². The van der Waals surface area contributed by atoms with Gasteiger partial charge in [-0.25, -0.2) is 0 Å². The molecule has 19 heavy (non-hydrogen) atoms. The summed E-state index contributed by atoms with van der Waals surface area (Å²) in [6, 6.07) is 9.42. The Balaban J connectivity index is 2.21. The molecule has 0 saturated carbocycles. The fourth-order valence-corrected chi connectivity index (χ4v) is 1.71. The van der Waals surface area contributed by atoms with Crippen LogP contribution in [0.3, 0.4) is 0 Å². The van der Waals surface area contributed by atoms with Gasteiger partial charge in [-0.15, -0.1) is 0 Å². The number of pyridine rings is 1. The third-order valence-electron chi connectivity index (χ3n) is 2.77. The number of aromatic nitrogens is 1. The van der Waals surface area contributed by atoms with Crippen LogP contribution in [-0.2, 0) is 0 Å². The lowest BCUT2D eigenvalue weighted by molar-refractivity contribution is 0.378. The molecular formula is C15H18N2O2. The summed E-state index contributed by atoms with van der Waals surface area (Å²) in [5.41, 5.74) is 7.71. The molecular weight excluding hydrogens is 240 g/mol. The quantitative estimate of drug-likeness (QED) is 0.914. The third-order valence-corrected chi connectivity index (χ3v) is 2.77. The van der Waals surface area contributed by atoms with Crippen LogP contribution in [0.1, 0.15) is 24.2 Å². The van der Waals surface area contributed by atoms with E-state index >= 15 is 0 Å². The van der Waals surface area contributed by atoms with Gasteiger partial charge in [-0.1, -0.05) is 6.07 Å². The van der Waals surface area contributed by atoms with Gasteiger partial charge in [0.1, 0.15) is 5.75 Å². The topological polar surface area (TPSA) is 57.4 Å². The van der Waals surface area contributed by atoms with Gasteiger partial charge in [-0.3, -0.25) is 4.98 Å². The maximum Gasteiger partial charge on any atom is 0.169 e. The van der Waals surface area contributed by atoms with E-state index in [1.165, 1.54) is 0 Å². The van der Waals surface area contributed by atoms with Gasteiger partial charge >= 0.3 is 0 Å². The Morgan fingerprint density at radius 1 is 1.16 bits per heavy atom. The number of benzene rings is 1. The fourth-order valence-electron chi connectivity index (χ4n) is 1.71. The SMILES string of the molecule is COc1cc(C)ccc1Oc1ccc([C@H](C)N)nc1. The monoisotopic (exact) mass is 258 g/mol. The fraction of sp³-hybridized carbons (Fsp3) is 0.267. The Labute approximate surface area is 113 Å². The molecule has 0 unspecified atom stereocenters. The summed E-state index contributed by atoms with van der Waals surface area (Å²) in [5, 5.41) is 0. The number of nitrogens with two attached hydrogens (primary N) is 1. The number of nitrogens with zero attached hydrogens (tertiary/aromatic N) is 1. The van der Waals surface area contributed by atoms with Crippen LogP contribution >= 0.6 is 0 Å². The molecule has 0 saturated heterocycles. The Bertz CT molecular complexity index is 551. The second-order valence-electron chi connectivity index (χ2n) is 4.46. The maximum absolute atomic E-state index is 5.76. The first-order valence-electron chi connectivity index (χ1n) is 6.14. The summed E-state index contributed by atoms with van der Waals surface area (Å²) >= 11 is 0. The van der Waals surface area contributed by atoms with Crippen LogP contribution in [0.25, 0.3) is 0 Å². The molecule has 100 valence electrons. The minimum Gasteiger partial charge on any atom is -0.493 e. The molecule has 2 aromatic rings. The average Bonchev–Trinajstić information content (AvgIpc) is 2.41. The zero-order valence-corrected chi connectivity index (χ0v) is 11.4. The van der Waals surface area contributed by atoms with Gasteiger partial charge in [0.2, 0.25) is 0 Å². The smallest absolute Gasteiger partial charge is 0.169 e. The minimum atomic E-state index is -0.0806. The molecule has 1 aromatic heterocycles. The molecule has 0 aliphatic carbocycles. The molecule has 0 radical (unpaired) electrons. The second kappa shape index (κ2) is 5.71.